The molecule has 5 atom stereocenters. The van der Waals surface area contributed by atoms with Gasteiger partial charge in [-0.25, -0.2) is 0 Å². The zero-order valence-corrected chi connectivity index (χ0v) is 18.2. The van der Waals surface area contributed by atoms with Crippen molar-refractivity contribution >= 4 is 29.5 Å². The lowest BCUT2D eigenvalue weighted by atomic mass is 9.54. The fraction of sp³-hybridized carbons (Fsp3) is 0.391. The predicted octanol–water partition coefficient (Wildman–Crippen LogP) is -0.264. The number of amides is 1. The van der Waals surface area contributed by atoms with E-state index in [0.29, 0.717) is 6.29 Å². The lowest BCUT2D eigenvalue weighted by molar-refractivity contribution is -0.159. The lowest BCUT2D eigenvalue weighted by Crippen LogP contribution is -2.67. The number of aliphatic hydroxyl groups excluding tert-OH is 2. The highest BCUT2D eigenvalue weighted by Crippen LogP contribution is 2.56. The summed E-state index contributed by atoms with van der Waals surface area (Å²) in [7, 11) is 2.99. The van der Waals surface area contributed by atoms with Gasteiger partial charge in [-0.2, -0.15) is 0 Å². The topological polar surface area (TPSA) is 178 Å². The number of carbonyl (C=O) groups is 4. The number of Topliss-reactive ketones (excluding diaryl/α,β-unsaturated/α-hetero) is 2. The number of ketones is 2. The van der Waals surface area contributed by atoms with Gasteiger partial charge in [-0.1, -0.05) is 18.2 Å². The predicted molar refractivity (Wildman–Crippen MR) is 114 cm³/mol. The quantitative estimate of drug-likeness (QED) is 0.302. The summed E-state index contributed by atoms with van der Waals surface area (Å²) in [6.07, 6.45) is 0.291. The van der Waals surface area contributed by atoms with Crippen molar-refractivity contribution in [3.63, 3.8) is 0 Å². The van der Waals surface area contributed by atoms with Crippen molar-refractivity contribution in [1.82, 2.24) is 4.90 Å². The second-order valence-electron chi connectivity index (χ2n) is 9.15. The van der Waals surface area contributed by atoms with Gasteiger partial charge in [-0.15, -0.1) is 0 Å². The van der Waals surface area contributed by atoms with Crippen LogP contribution in [0.25, 0.3) is 5.76 Å². The first-order valence-electron chi connectivity index (χ1n) is 10.3. The summed E-state index contributed by atoms with van der Waals surface area (Å²) in [6, 6.07) is 3.10. The molecule has 0 heterocycles. The molecular weight excluding hydrogens is 432 g/mol. The Balaban J connectivity index is 2.06. The van der Waals surface area contributed by atoms with Gasteiger partial charge in [0.15, 0.2) is 11.4 Å². The number of primary amides is 1. The molecule has 33 heavy (non-hydrogen) atoms. The van der Waals surface area contributed by atoms with Gasteiger partial charge < -0.3 is 26.2 Å². The average molecular weight is 456 g/mol. The Morgan fingerprint density at radius 1 is 1.21 bits per heavy atom. The summed E-state index contributed by atoms with van der Waals surface area (Å²) in [5.41, 5.74) is -0.284. The molecule has 1 aromatic carbocycles. The monoisotopic (exact) mass is 456 g/mol. The van der Waals surface area contributed by atoms with Crippen molar-refractivity contribution in [1.29, 1.82) is 0 Å². The molecule has 0 spiro atoms. The second-order valence-corrected chi connectivity index (χ2v) is 9.15. The molecule has 1 fully saturated rings. The van der Waals surface area contributed by atoms with E-state index in [0.717, 1.165) is 0 Å². The van der Waals surface area contributed by atoms with E-state index >= 15 is 0 Å². The first-order valence-corrected chi connectivity index (χ1v) is 10.3. The maximum Gasteiger partial charge on any atom is 0.255 e. The second kappa shape index (κ2) is 7.08. The van der Waals surface area contributed by atoms with Crippen molar-refractivity contribution in [2.24, 2.45) is 17.6 Å². The van der Waals surface area contributed by atoms with Crippen molar-refractivity contribution in [3.05, 3.63) is 51.8 Å². The van der Waals surface area contributed by atoms with Gasteiger partial charge in [0.1, 0.15) is 23.4 Å². The molecule has 0 radical (unpaired) electrons. The molecule has 6 N–H and O–H groups in total. The minimum absolute atomic E-state index is 0.0286. The molecule has 0 aromatic heterocycles. The minimum Gasteiger partial charge on any atom is -0.508 e. The van der Waals surface area contributed by atoms with Gasteiger partial charge in [0.05, 0.1) is 11.6 Å². The lowest BCUT2D eigenvalue weighted by Gasteiger charge is -2.53. The number of benzene rings is 1. The van der Waals surface area contributed by atoms with Gasteiger partial charge in [0.2, 0.25) is 5.78 Å². The third-order valence-corrected chi connectivity index (χ3v) is 7.18. The summed E-state index contributed by atoms with van der Waals surface area (Å²) in [5, 5.41) is 44.9. The standard InChI is InChI=1S/C23H24N2O8/c1-22(32)11-7-12-16(25(2)3)18(28)14(21(24)31)20(30)23(12,33)19(29)13(11)17(27)10-6-4-5-9(8-26)15(10)22/h4-6,8,11-12,16,27,30,32-33H,7H2,1-3H3,(H2,24,31)/t11-,12-,16-,22-,23-/m0/s1. The molecule has 0 unspecified atom stereocenters. The first kappa shape index (κ1) is 22.8. The van der Waals surface area contributed by atoms with Gasteiger partial charge in [-0.3, -0.25) is 24.1 Å². The number of hydrogen-bond donors (Lipinski definition) is 5. The van der Waals surface area contributed by atoms with Crippen molar-refractivity contribution in [3.8, 4) is 0 Å². The van der Waals surface area contributed by atoms with Crippen LogP contribution in [0.3, 0.4) is 0 Å². The number of aldehydes is 1. The zero-order valence-electron chi connectivity index (χ0n) is 18.2. The molecule has 10 heteroatoms. The van der Waals surface area contributed by atoms with Crippen LogP contribution in [0.2, 0.25) is 0 Å². The van der Waals surface area contributed by atoms with Gasteiger partial charge in [-0.05, 0) is 27.4 Å². The fourth-order valence-corrected chi connectivity index (χ4v) is 5.72. The van der Waals surface area contributed by atoms with E-state index < -0.39 is 63.6 Å². The highest BCUT2D eigenvalue weighted by molar-refractivity contribution is 6.24. The average Bonchev–Trinajstić information content (AvgIpc) is 2.73. The van der Waals surface area contributed by atoms with E-state index in [4.69, 9.17) is 5.73 Å². The molecule has 3 aliphatic rings. The van der Waals surface area contributed by atoms with E-state index in [2.05, 4.69) is 0 Å². The summed E-state index contributed by atoms with van der Waals surface area (Å²) < 4.78 is 0. The SMILES string of the molecule is CN(C)[C@@H]1C(=O)C(C(N)=O)=C(O)[C@@]2(O)C(=O)C3=C(O)c4cccc(C=O)c4[C@@](C)(O)[C@H]3C[C@@H]12. The largest absolute Gasteiger partial charge is 0.508 e. The molecule has 1 aromatic rings. The molecule has 1 saturated carbocycles. The van der Waals surface area contributed by atoms with E-state index in [-0.39, 0.29) is 28.7 Å². The van der Waals surface area contributed by atoms with Crippen molar-refractivity contribution in [2.45, 2.75) is 30.6 Å². The first-order chi connectivity index (χ1) is 15.3. The van der Waals surface area contributed by atoms with Crippen LogP contribution in [0.5, 0.6) is 0 Å². The van der Waals surface area contributed by atoms with Crippen molar-refractivity contribution in [2.75, 3.05) is 14.1 Å². The Hall–Kier alpha value is -3.34. The van der Waals surface area contributed by atoms with Crippen LogP contribution in [0.15, 0.2) is 35.1 Å². The Bertz CT molecular complexity index is 1190. The van der Waals surface area contributed by atoms with E-state index in [9.17, 15) is 39.6 Å². The van der Waals surface area contributed by atoms with Crippen LogP contribution in [-0.4, -0.2) is 74.8 Å². The summed E-state index contributed by atoms with van der Waals surface area (Å²) in [4.78, 5) is 51.8. The summed E-state index contributed by atoms with van der Waals surface area (Å²) in [6.45, 7) is 1.38. The Morgan fingerprint density at radius 2 is 1.85 bits per heavy atom. The van der Waals surface area contributed by atoms with Crippen LogP contribution in [0.4, 0.5) is 0 Å². The summed E-state index contributed by atoms with van der Waals surface area (Å²) >= 11 is 0. The van der Waals surface area contributed by atoms with E-state index in [1.165, 1.54) is 44.1 Å². The number of carbonyl (C=O) groups excluding carboxylic acids is 4. The highest BCUT2D eigenvalue weighted by Gasteiger charge is 2.66. The Kier molecular flexibility index (Phi) is 4.90. The van der Waals surface area contributed by atoms with E-state index in [1.807, 2.05) is 0 Å². The molecule has 10 nitrogen and oxygen atoms in total. The number of hydrogen-bond acceptors (Lipinski definition) is 9. The van der Waals surface area contributed by atoms with E-state index in [1.54, 1.807) is 0 Å². The zero-order chi connectivity index (χ0) is 24.6. The van der Waals surface area contributed by atoms with Crippen LogP contribution in [0, 0.1) is 11.8 Å². The maximum absolute atomic E-state index is 13.7. The molecule has 0 bridgehead atoms. The number of nitrogens with zero attached hydrogens (tertiary/aromatic N) is 1. The molecule has 0 saturated heterocycles. The van der Waals surface area contributed by atoms with Crippen molar-refractivity contribution < 1.29 is 39.6 Å². The number of fused-ring (bicyclic) bond motifs is 3. The number of likely N-dealkylation sites (N-methyl/N-ethyl adjacent to an activating group) is 1. The Labute approximate surface area is 188 Å². The molecule has 1 amide bonds. The third kappa shape index (κ3) is 2.71. The number of nitrogens with two attached hydrogens (primary N) is 1. The highest BCUT2D eigenvalue weighted by atomic mass is 16.3. The molecule has 0 aliphatic heterocycles. The third-order valence-electron chi connectivity index (χ3n) is 7.18. The number of aliphatic hydroxyl groups is 4. The molecule has 174 valence electrons. The van der Waals surface area contributed by atoms with Crippen LogP contribution >= 0.6 is 0 Å². The normalized spacial score (nSPS) is 33.6. The van der Waals surface area contributed by atoms with Gasteiger partial charge >= 0.3 is 0 Å². The maximum atomic E-state index is 13.7. The van der Waals surface area contributed by atoms with Crippen LogP contribution < -0.4 is 5.73 Å². The van der Waals surface area contributed by atoms with Crippen LogP contribution in [-0.2, 0) is 20.0 Å². The molecular formula is C23H24N2O8. The molecule has 4 rings (SSSR count). The summed E-state index contributed by atoms with van der Waals surface area (Å²) in [5.74, 6) is -7.46. The van der Waals surface area contributed by atoms with Gasteiger partial charge in [0.25, 0.3) is 5.91 Å². The van der Waals surface area contributed by atoms with Gasteiger partial charge in [0, 0.05) is 34.1 Å². The smallest absolute Gasteiger partial charge is 0.255 e. The minimum atomic E-state index is -2.73. The Morgan fingerprint density at radius 3 is 2.39 bits per heavy atom. The fourth-order valence-electron chi connectivity index (χ4n) is 5.72. The molecule has 3 aliphatic carbocycles. The number of rotatable bonds is 3. The van der Waals surface area contributed by atoms with Crippen LogP contribution in [0.1, 0.15) is 34.8 Å².